The largest absolute Gasteiger partial charge is 0.549 e. The Hall–Kier alpha value is -3.28. The summed E-state index contributed by atoms with van der Waals surface area (Å²) in [6.07, 6.45) is 3.51. The summed E-state index contributed by atoms with van der Waals surface area (Å²) in [4.78, 5) is 25.5. The zero-order valence-corrected chi connectivity index (χ0v) is 21.8. The smallest absolute Gasteiger partial charge is 0.163 e. The van der Waals surface area contributed by atoms with Gasteiger partial charge in [-0.25, -0.2) is 0 Å². The second kappa shape index (κ2) is 12.3. The zero-order valence-electron chi connectivity index (χ0n) is 21.8. The molecular weight excluding hydrogens is 462 g/mol. The third kappa shape index (κ3) is 6.94. The second-order valence-electron chi connectivity index (χ2n) is 10.6. The molecule has 5 heteroatoms. The van der Waals surface area contributed by atoms with Crippen LogP contribution in [0.2, 0.25) is 0 Å². The van der Waals surface area contributed by atoms with E-state index in [-0.39, 0.29) is 18.0 Å². The molecule has 0 bridgehead atoms. The van der Waals surface area contributed by atoms with Crippen LogP contribution in [0.25, 0.3) is 0 Å². The molecule has 1 N–H and O–H groups in total. The van der Waals surface area contributed by atoms with Crippen molar-refractivity contribution >= 4 is 11.8 Å². The lowest BCUT2D eigenvalue weighted by atomic mass is 9.84. The molecule has 3 aromatic carbocycles. The summed E-state index contributed by atoms with van der Waals surface area (Å²) in [6.45, 7) is 6.28. The number of piperidine rings is 1. The van der Waals surface area contributed by atoms with Gasteiger partial charge in [0.25, 0.3) is 0 Å². The van der Waals surface area contributed by atoms with Crippen LogP contribution >= 0.6 is 0 Å². The van der Waals surface area contributed by atoms with Crippen LogP contribution in [0.4, 0.5) is 0 Å². The van der Waals surface area contributed by atoms with E-state index < -0.39 is 11.4 Å². The molecule has 0 aliphatic carbocycles. The molecule has 5 nitrogen and oxygen atoms in total. The highest BCUT2D eigenvalue weighted by Gasteiger charge is 2.27. The molecule has 0 saturated carbocycles. The van der Waals surface area contributed by atoms with Gasteiger partial charge in [-0.15, -0.1) is 0 Å². The van der Waals surface area contributed by atoms with Gasteiger partial charge >= 0.3 is 0 Å². The van der Waals surface area contributed by atoms with Crippen molar-refractivity contribution in [3.63, 3.8) is 0 Å². The molecule has 0 spiro atoms. The molecule has 1 saturated heterocycles. The average molecular weight is 500 g/mol. The van der Waals surface area contributed by atoms with Gasteiger partial charge in [0.2, 0.25) is 0 Å². The molecule has 194 valence electrons. The monoisotopic (exact) mass is 499 g/mol. The Morgan fingerprint density at radius 2 is 1.43 bits per heavy atom. The van der Waals surface area contributed by atoms with Crippen LogP contribution in [0.1, 0.15) is 72.7 Å². The van der Waals surface area contributed by atoms with E-state index in [1.54, 1.807) is 38.1 Å². The highest BCUT2D eigenvalue weighted by atomic mass is 16.5. The van der Waals surface area contributed by atoms with Gasteiger partial charge in [0.1, 0.15) is 6.10 Å². The number of Topliss-reactive ketones (excluding diaryl/α,β-unsaturated/α-hetero) is 1. The number of ketones is 1. The van der Waals surface area contributed by atoms with Crippen LogP contribution in [0.15, 0.2) is 84.9 Å². The van der Waals surface area contributed by atoms with E-state index in [9.17, 15) is 14.7 Å². The van der Waals surface area contributed by atoms with Crippen molar-refractivity contribution in [3.8, 4) is 0 Å². The van der Waals surface area contributed by atoms with E-state index in [4.69, 9.17) is 4.74 Å². The number of hydrogen-bond acceptors (Lipinski definition) is 4. The summed E-state index contributed by atoms with van der Waals surface area (Å²) in [6, 6.07) is 27.7. The first kappa shape index (κ1) is 26.8. The maximum absolute atomic E-state index is 12.7. The third-order valence-electron chi connectivity index (χ3n) is 7.55. The van der Waals surface area contributed by atoms with Gasteiger partial charge in [-0.1, -0.05) is 98.8 Å². The van der Waals surface area contributed by atoms with Crippen LogP contribution < -0.4 is 10.0 Å². The number of carboxylic acid groups (broad SMARTS) is 1. The number of carboxylic acids is 1. The average Bonchev–Trinajstić information content (AvgIpc) is 2.93. The number of carbonyl (C=O) groups excluding carboxylic acids is 2. The number of ether oxygens (including phenoxy) is 1. The number of benzene rings is 3. The summed E-state index contributed by atoms with van der Waals surface area (Å²) in [5.74, 6) is -1.02. The van der Waals surface area contributed by atoms with Crippen molar-refractivity contribution in [3.05, 3.63) is 107 Å². The van der Waals surface area contributed by atoms with Crippen molar-refractivity contribution in [2.45, 2.75) is 57.2 Å². The summed E-state index contributed by atoms with van der Waals surface area (Å²) >= 11 is 0. The molecule has 4 rings (SSSR count). The van der Waals surface area contributed by atoms with Gasteiger partial charge in [0.05, 0.1) is 31.7 Å². The molecule has 1 fully saturated rings. The van der Waals surface area contributed by atoms with Gasteiger partial charge < -0.3 is 19.5 Å². The molecule has 37 heavy (non-hydrogen) atoms. The number of rotatable bonds is 11. The maximum atomic E-state index is 12.7. The molecule has 0 atom stereocenters. The minimum Gasteiger partial charge on any atom is -0.549 e. The Kier molecular flexibility index (Phi) is 8.91. The first-order valence-corrected chi connectivity index (χ1v) is 13.3. The van der Waals surface area contributed by atoms with Crippen LogP contribution in [0.5, 0.6) is 0 Å². The number of carbonyl (C=O) groups is 2. The fraction of sp³-hybridized carbons (Fsp3) is 0.375. The fourth-order valence-corrected chi connectivity index (χ4v) is 5.02. The van der Waals surface area contributed by atoms with Crippen LogP contribution in [0, 0.1) is 0 Å². The van der Waals surface area contributed by atoms with Crippen molar-refractivity contribution in [2.24, 2.45) is 0 Å². The first-order valence-electron chi connectivity index (χ1n) is 13.3. The molecule has 0 amide bonds. The standard InChI is InChI=1S/C32H37NO4/c1-32(2,31(35)36)27-17-15-24(16-18-27)29(34)14-9-21-33-22-19-28(20-23-33)37-30(25-10-5-3-6-11-25)26-12-7-4-8-13-26/h3-8,10-13,15-18,28,30H,9,14,19-23H2,1-2H3,(H,35,36). The zero-order chi connectivity index (χ0) is 26.3. The lowest BCUT2D eigenvalue weighted by molar-refractivity contribution is -0.906. The number of nitrogens with one attached hydrogen (secondary N) is 1. The molecule has 1 aliphatic rings. The lowest BCUT2D eigenvalue weighted by Gasteiger charge is -2.32. The van der Waals surface area contributed by atoms with E-state index in [1.165, 1.54) is 16.0 Å². The van der Waals surface area contributed by atoms with Gasteiger partial charge in [0.15, 0.2) is 5.78 Å². The Balaban J connectivity index is 1.24. The topological polar surface area (TPSA) is 70.9 Å². The molecule has 0 unspecified atom stereocenters. The predicted molar refractivity (Wildman–Crippen MR) is 142 cm³/mol. The summed E-state index contributed by atoms with van der Waals surface area (Å²) < 4.78 is 6.65. The van der Waals surface area contributed by atoms with Gasteiger partial charge in [-0.3, -0.25) is 4.79 Å². The highest BCUT2D eigenvalue weighted by Crippen LogP contribution is 2.29. The predicted octanol–water partition coefficient (Wildman–Crippen LogP) is 3.53. The number of hydrogen-bond donors (Lipinski definition) is 1. The molecule has 1 aliphatic heterocycles. The van der Waals surface area contributed by atoms with E-state index in [2.05, 4.69) is 48.5 Å². The highest BCUT2D eigenvalue weighted by molar-refractivity contribution is 5.96. The van der Waals surface area contributed by atoms with Gasteiger partial charge in [-0.2, -0.15) is 0 Å². The van der Waals surface area contributed by atoms with Crippen molar-refractivity contribution in [2.75, 3.05) is 19.6 Å². The number of quaternary nitrogens is 1. The van der Waals surface area contributed by atoms with Gasteiger partial charge in [-0.05, 0) is 16.7 Å². The SMILES string of the molecule is CC(C)(C(=O)[O-])c1ccc(C(=O)CCC[NH+]2CCC(OC(c3ccccc3)c3ccccc3)CC2)cc1. The Morgan fingerprint density at radius 1 is 0.892 bits per heavy atom. The van der Waals surface area contributed by atoms with E-state index >= 15 is 0 Å². The quantitative estimate of drug-likeness (QED) is 0.410. The van der Waals surface area contributed by atoms with Gasteiger partial charge in [0, 0.05) is 36.7 Å². The number of aliphatic carboxylic acids is 1. The maximum Gasteiger partial charge on any atom is 0.163 e. The van der Waals surface area contributed by atoms with E-state index in [1.807, 2.05) is 12.1 Å². The molecule has 0 aromatic heterocycles. The lowest BCUT2D eigenvalue weighted by Crippen LogP contribution is -3.13. The minimum absolute atomic E-state index is 0.0599. The molecular formula is C32H37NO4. The van der Waals surface area contributed by atoms with Crippen LogP contribution in [-0.4, -0.2) is 37.5 Å². The van der Waals surface area contributed by atoms with Crippen molar-refractivity contribution < 1.29 is 24.3 Å². The summed E-state index contributed by atoms with van der Waals surface area (Å²) in [5.41, 5.74) is 2.55. The number of likely N-dealkylation sites (tertiary alicyclic amines) is 1. The minimum atomic E-state index is -1.13. The van der Waals surface area contributed by atoms with Crippen molar-refractivity contribution in [1.82, 2.24) is 0 Å². The Labute approximate surface area is 220 Å². The van der Waals surface area contributed by atoms with Crippen molar-refractivity contribution in [1.29, 1.82) is 0 Å². The molecule has 0 radical (unpaired) electrons. The second-order valence-corrected chi connectivity index (χ2v) is 10.6. The van der Waals surface area contributed by atoms with E-state index in [0.29, 0.717) is 17.5 Å². The first-order chi connectivity index (χ1) is 17.8. The molecule has 3 aromatic rings. The molecule has 1 heterocycles. The Bertz CT molecular complexity index is 1110. The summed E-state index contributed by atoms with van der Waals surface area (Å²) in [5, 5.41) is 11.3. The van der Waals surface area contributed by atoms with Crippen LogP contribution in [0.3, 0.4) is 0 Å². The Morgan fingerprint density at radius 3 is 1.95 bits per heavy atom. The normalized spacial score (nSPS) is 18.0. The van der Waals surface area contributed by atoms with Crippen LogP contribution in [-0.2, 0) is 14.9 Å². The fourth-order valence-electron chi connectivity index (χ4n) is 5.02. The van der Waals surface area contributed by atoms with E-state index in [0.717, 1.165) is 38.9 Å². The summed E-state index contributed by atoms with van der Waals surface area (Å²) in [7, 11) is 0. The third-order valence-corrected chi connectivity index (χ3v) is 7.55.